The second-order valence-electron chi connectivity index (χ2n) is 2.48. The summed E-state index contributed by atoms with van der Waals surface area (Å²) in [6.07, 6.45) is 1.76. The second-order valence-corrected chi connectivity index (χ2v) is 3.64. The first-order valence-corrected chi connectivity index (χ1v) is 4.81. The SMILES string of the molecule is Cn1cc(I)c(C(=O)NCCO)n1. The number of halogens is 1. The number of carbonyl (C=O) groups excluding carboxylic acids is 1. The van der Waals surface area contributed by atoms with E-state index in [0.29, 0.717) is 5.69 Å². The van der Waals surface area contributed by atoms with Crippen LogP contribution in [0.4, 0.5) is 0 Å². The summed E-state index contributed by atoms with van der Waals surface area (Å²) < 4.78 is 2.38. The minimum atomic E-state index is -0.251. The van der Waals surface area contributed by atoms with Gasteiger partial charge in [-0.1, -0.05) is 0 Å². The summed E-state index contributed by atoms with van der Waals surface area (Å²) in [4.78, 5) is 11.3. The van der Waals surface area contributed by atoms with Crippen LogP contribution in [0.15, 0.2) is 6.20 Å². The van der Waals surface area contributed by atoms with E-state index in [-0.39, 0.29) is 19.1 Å². The van der Waals surface area contributed by atoms with Crippen molar-refractivity contribution in [3.05, 3.63) is 15.5 Å². The Hall–Kier alpha value is -0.630. The van der Waals surface area contributed by atoms with Crippen LogP contribution in [-0.2, 0) is 7.05 Å². The number of nitrogens with zero attached hydrogens (tertiary/aromatic N) is 2. The number of nitrogens with one attached hydrogen (secondary N) is 1. The first-order valence-electron chi connectivity index (χ1n) is 3.73. The molecule has 1 rings (SSSR count). The maximum absolute atomic E-state index is 11.3. The molecule has 1 aromatic heterocycles. The van der Waals surface area contributed by atoms with Crippen molar-refractivity contribution in [2.45, 2.75) is 0 Å². The highest BCUT2D eigenvalue weighted by Crippen LogP contribution is 2.08. The zero-order valence-electron chi connectivity index (χ0n) is 7.12. The van der Waals surface area contributed by atoms with E-state index in [1.54, 1.807) is 17.9 Å². The van der Waals surface area contributed by atoms with Gasteiger partial charge in [0, 0.05) is 19.8 Å². The van der Waals surface area contributed by atoms with Gasteiger partial charge < -0.3 is 10.4 Å². The van der Waals surface area contributed by atoms with E-state index in [9.17, 15) is 4.79 Å². The van der Waals surface area contributed by atoms with E-state index < -0.39 is 0 Å². The Bertz CT molecular complexity index is 311. The molecule has 0 atom stereocenters. The molecule has 0 aliphatic carbocycles. The number of aliphatic hydroxyl groups excluding tert-OH is 1. The molecular formula is C7H10IN3O2. The average Bonchev–Trinajstić information content (AvgIpc) is 2.41. The van der Waals surface area contributed by atoms with Crippen LogP contribution in [-0.4, -0.2) is 33.9 Å². The molecule has 0 aliphatic heterocycles. The molecule has 0 saturated heterocycles. The summed E-state index contributed by atoms with van der Waals surface area (Å²) in [5.41, 5.74) is 0.400. The van der Waals surface area contributed by atoms with Gasteiger partial charge in [0.1, 0.15) is 0 Å². The van der Waals surface area contributed by atoms with Crippen molar-refractivity contribution in [1.82, 2.24) is 15.1 Å². The summed E-state index contributed by atoms with van der Waals surface area (Å²) in [6, 6.07) is 0. The fourth-order valence-electron chi connectivity index (χ4n) is 0.867. The molecule has 72 valence electrons. The molecule has 1 heterocycles. The lowest BCUT2D eigenvalue weighted by atomic mass is 10.4. The molecule has 0 spiro atoms. The lowest BCUT2D eigenvalue weighted by Gasteiger charge is -1.99. The third-order valence-corrected chi connectivity index (χ3v) is 2.19. The Kier molecular flexibility index (Phi) is 3.67. The highest BCUT2D eigenvalue weighted by Gasteiger charge is 2.12. The number of aliphatic hydroxyl groups is 1. The van der Waals surface area contributed by atoms with E-state index >= 15 is 0 Å². The summed E-state index contributed by atoms with van der Waals surface area (Å²) in [7, 11) is 1.75. The zero-order valence-corrected chi connectivity index (χ0v) is 9.28. The van der Waals surface area contributed by atoms with E-state index in [1.807, 2.05) is 22.6 Å². The predicted molar refractivity (Wildman–Crippen MR) is 55.3 cm³/mol. The summed E-state index contributed by atoms with van der Waals surface area (Å²) >= 11 is 2.04. The fraction of sp³-hybridized carbons (Fsp3) is 0.429. The molecule has 0 aliphatic rings. The molecule has 0 radical (unpaired) electrons. The number of amides is 1. The molecule has 0 fully saturated rings. The number of hydrogen-bond donors (Lipinski definition) is 2. The molecule has 2 N–H and O–H groups in total. The number of aromatic nitrogens is 2. The third kappa shape index (κ3) is 2.66. The minimum absolute atomic E-state index is 0.0604. The van der Waals surface area contributed by atoms with Gasteiger partial charge in [-0.25, -0.2) is 0 Å². The maximum Gasteiger partial charge on any atom is 0.272 e. The second kappa shape index (κ2) is 4.56. The standard InChI is InChI=1S/C7H10IN3O2/c1-11-4-5(8)6(10-11)7(13)9-2-3-12/h4,12H,2-3H2,1H3,(H,9,13). The number of rotatable bonds is 3. The van der Waals surface area contributed by atoms with Crippen LogP contribution in [0.25, 0.3) is 0 Å². The van der Waals surface area contributed by atoms with E-state index in [0.717, 1.165) is 3.57 Å². The van der Waals surface area contributed by atoms with Crippen molar-refractivity contribution in [2.24, 2.45) is 7.05 Å². The Morgan fingerprint density at radius 3 is 3.00 bits per heavy atom. The normalized spacial score (nSPS) is 10.1. The average molecular weight is 295 g/mol. The first-order chi connectivity index (χ1) is 6.15. The van der Waals surface area contributed by atoms with Crippen LogP contribution in [0.5, 0.6) is 0 Å². The Balaban J connectivity index is 2.70. The quantitative estimate of drug-likeness (QED) is 0.756. The minimum Gasteiger partial charge on any atom is -0.395 e. The molecule has 6 heteroatoms. The van der Waals surface area contributed by atoms with Crippen LogP contribution < -0.4 is 5.32 Å². The molecular weight excluding hydrogens is 285 g/mol. The molecule has 13 heavy (non-hydrogen) atoms. The van der Waals surface area contributed by atoms with Gasteiger partial charge in [-0.05, 0) is 22.6 Å². The number of hydrogen-bond acceptors (Lipinski definition) is 3. The van der Waals surface area contributed by atoms with Crippen molar-refractivity contribution in [1.29, 1.82) is 0 Å². The van der Waals surface area contributed by atoms with Crippen molar-refractivity contribution < 1.29 is 9.90 Å². The third-order valence-electron chi connectivity index (χ3n) is 1.40. The van der Waals surface area contributed by atoms with Crippen LogP contribution in [0.2, 0.25) is 0 Å². The molecule has 0 aromatic carbocycles. The monoisotopic (exact) mass is 295 g/mol. The van der Waals surface area contributed by atoms with Crippen molar-refractivity contribution in [3.63, 3.8) is 0 Å². The smallest absolute Gasteiger partial charge is 0.272 e. The Labute approximate surface area is 89.3 Å². The van der Waals surface area contributed by atoms with Crippen molar-refractivity contribution in [3.8, 4) is 0 Å². The zero-order chi connectivity index (χ0) is 9.84. The Morgan fingerprint density at radius 2 is 2.54 bits per heavy atom. The van der Waals surface area contributed by atoms with Gasteiger partial charge in [0.2, 0.25) is 0 Å². The summed E-state index contributed by atoms with van der Waals surface area (Å²) in [5.74, 6) is -0.251. The number of carbonyl (C=O) groups is 1. The van der Waals surface area contributed by atoms with E-state index in [2.05, 4.69) is 10.4 Å². The molecule has 1 amide bonds. The van der Waals surface area contributed by atoms with Crippen molar-refractivity contribution in [2.75, 3.05) is 13.2 Å². The topological polar surface area (TPSA) is 67.2 Å². The molecule has 1 aromatic rings. The van der Waals surface area contributed by atoms with Gasteiger partial charge in [-0.3, -0.25) is 9.48 Å². The first kappa shape index (κ1) is 10.5. The van der Waals surface area contributed by atoms with E-state index in [4.69, 9.17) is 5.11 Å². The molecule has 0 bridgehead atoms. The lowest BCUT2D eigenvalue weighted by Crippen LogP contribution is -2.27. The van der Waals surface area contributed by atoms with Gasteiger partial charge >= 0.3 is 0 Å². The Morgan fingerprint density at radius 1 is 1.85 bits per heavy atom. The van der Waals surface area contributed by atoms with Gasteiger partial charge in [0.15, 0.2) is 5.69 Å². The van der Waals surface area contributed by atoms with Crippen molar-refractivity contribution >= 4 is 28.5 Å². The summed E-state index contributed by atoms with van der Waals surface area (Å²) in [5, 5.41) is 15.0. The molecule has 0 saturated carbocycles. The highest BCUT2D eigenvalue weighted by atomic mass is 127. The van der Waals surface area contributed by atoms with Crippen LogP contribution >= 0.6 is 22.6 Å². The van der Waals surface area contributed by atoms with E-state index in [1.165, 1.54) is 0 Å². The van der Waals surface area contributed by atoms with Crippen LogP contribution in [0.1, 0.15) is 10.5 Å². The highest BCUT2D eigenvalue weighted by molar-refractivity contribution is 14.1. The fourth-order valence-corrected chi connectivity index (χ4v) is 1.62. The van der Waals surface area contributed by atoms with Gasteiger partial charge in [0.05, 0.1) is 10.2 Å². The van der Waals surface area contributed by atoms with Gasteiger partial charge in [-0.15, -0.1) is 0 Å². The van der Waals surface area contributed by atoms with Gasteiger partial charge in [0.25, 0.3) is 5.91 Å². The van der Waals surface area contributed by atoms with Crippen LogP contribution in [0.3, 0.4) is 0 Å². The lowest BCUT2D eigenvalue weighted by molar-refractivity contribution is 0.0938. The maximum atomic E-state index is 11.3. The largest absolute Gasteiger partial charge is 0.395 e. The molecule has 5 nitrogen and oxygen atoms in total. The van der Waals surface area contributed by atoms with Crippen LogP contribution in [0, 0.1) is 3.57 Å². The predicted octanol–water partition coefficient (Wildman–Crippen LogP) is -0.253. The molecule has 0 unspecified atom stereocenters. The van der Waals surface area contributed by atoms with Gasteiger partial charge in [-0.2, -0.15) is 5.10 Å². The summed E-state index contributed by atoms with van der Waals surface area (Å²) in [6.45, 7) is 0.195. The number of aryl methyl sites for hydroxylation is 1.